The maximum atomic E-state index is 12.4. The molecule has 6 nitrogen and oxygen atoms in total. The van der Waals surface area contributed by atoms with Crippen LogP contribution in [0.3, 0.4) is 0 Å². The van der Waals surface area contributed by atoms with Crippen LogP contribution in [0.2, 0.25) is 0 Å². The van der Waals surface area contributed by atoms with E-state index < -0.39 is 12.0 Å². The maximum Gasteiger partial charge on any atom is 0.326 e. The standard InChI is InChI=1S/C16H17N3O3/c1-11-4-6-12(7-5-11)19-10-8-13(17-19)15(20)18-9-2-3-14(18)16(21)22/h4-8,10,14H,2-3,9H2,1H3,(H,21,22)/t14-/m0/s1. The van der Waals surface area contributed by atoms with Gasteiger partial charge in [0.1, 0.15) is 6.04 Å². The lowest BCUT2D eigenvalue weighted by Gasteiger charge is -2.20. The molecule has 114 valence electrons. The number of aliphatic carboxylic acids is 1. The Labute approximate surface area is 128 Å². The van der Waals surface area contributed by atoms with Crippen LogP contribution in [0.1, 0.15) is 28.9 Å². The first-order valence-corrected chi connectivity index (χ1v) is 7.23. The van der Waals surface area contributed by atoms with Gasteiger partial charge in [-0.25, -0.2) is 9.48 Å². The van der Waals surface area contributed by atoms with Crippen molar-refractivity contribution >= 4 is 11.9 Å². The molecule has 6 heteroatoms. The van der Waals surface area contributed by atoms with Gasteiger partial charge in [0.15, 0.2) is 5.69 Å². The van der Waals surface area contributed by atoms with Crippen LogP contribution in [0, 0.1) is 6.92 Å². The zero-order chi connectivity index (χ0) is 15.7. The van der Waals surface area contributed by atoms with Crippen LogP contribution in [0.5, 0.6) is 0 Å². The summed E-state index contributed by atoms with van der Waals surface area (Å²) in [5.41, 5.74) is 2.28. The van der Waals surface area contributed by atoms with Crippen molar-refractivity contribution in [3.05, 3.63) is 47.8 Å². The number of likely N-dealkylation sites (tertiary alicyclic amines) is 1. The Morgan fingerprint density at radius 1 is 1.23 bits per heavy atom. The van der Waals surface area contributed by atoms with Crippen molar-refractivity contribution in [2.75, 3.05) is 6.54 Å². The molecule has 2 aromatic rings. The number of hydrogen-bond acceptors (Lipinski definition) is 3. The van der Waals surface area contributed by atoms with Gasteiger partial charge in [-0.2, -0.15) is 5.10 Å². The number of carbonyl (C=O) groups is 2. The fourth-order valence-corrected chi connectivity index (χ4v) is 2.69. The van der Waals surface area contributed by atoms with Crippen LogP contribution < -0.4 is 0 Å². The van der Waals surface area contributed by atoms with E-state index in [4.69, 9.17) is 5.11 Å². The lowest BCUT2D eigenvalue weighted by atomic mass is 10.2. The predicted octanol–water partition coefficient (Wildman–Crippen LogP) is 1.87. The Bertz CT molecular complexity index is 706. The topological polar surface area (TPSA) is 75.4 Å². The summed E-state index contributed by atoms with van der Waals surface area (Å²) in [5.74, 6) is -1.28. The molecule has 1 saturated heterocycles. The zero-order valence-corrected chi connectivity index (χ0v) is 12.3. The van der Waals surface area contributed by atoms with Gasteiger partial charge in [-0.1, -0.05) is 17.7 Å². The monoisotopic (exact) mass is 299 g/mol. The third kappa shape index (κ3) is 2.59. The molecule has 1 N–H and O–H groups in total. The van der Waals surface area contributed by atoms with Crippen LogP contribution in [0.15, 0.2) is 36.5 Å². The first-order valence-electron chi connectivity index (χ1n) is 7.23. The molecule has 0 bridgehead atoms. The Balaban J connectivity index is 1.82. The Kier molecular flexibility index (Phi) is 3.66. The molecular formula is C16H17N3O3. The molecule has 2 heterocycles. The molecule has 0 spiro atoms. The minimum Gasteiger partial charge on any atom is -0.480 e. The largest absolute Gasteiger partial charge is 0.480 e. The normalized spacial score (nSPS) is 17.7. The number of aromatic nitrogens is 2. The first-order chi connectivity index (χ1) is 10.6. The number of carbonyl (C=O) groups excluding carboxylic acids is 1. The summed E-state index contributed by atoms with van der Waals surface area (Å²) < 4.78 is 1.62. The van der Waals surface area contributed by atoms with Gasteiger partial charge in [-0.3, -0.25) is 4.79 Å². The van der Waals surface area contributed by atoms with Crippen molar-refractivity contribution in [1.82, 2.24) is 14.7 Å². The van der Waals surface area contributed by atoms with E-state index in [0.717, 1.165) is 11.3 Å². The third-order valence-electron chi connectivity index (χ3n) is 3.91. The van der Waals surface area contributed by atoms with E-state index >= 15 is 0 Å². The second-order valence-electron chi connectivity index (χ2n) is 5.48. The fraction of sp³-hybridized carbons (Fsp3) is 0.312. The first kappa shape index (κ1) is 14.3. The number of benzene rings is 1. The molecular weight excluding hydrogens is 282 g/mol. The number of carboxylic acid groups (broad SMARTS) is 1. The zero-order valence-electron chi connectivity index (χ0n) is 12.3. The quantitative estimate of drug-likeness (QED) is 0.938. The van der Waals surface area contributed by atoms with E-state index in [1.54, 1.807) is 16.9 Å². The van der Waals surface area contributed by atoms with E-state index in [1.807, 2.05) is 31.2 Å². The van der Waals surface area contributed by atoms with Gasteiger partial charge in [0.25, 0.3) is 5.91 Å². The lowest BCUT2D eigenvalue weighted by molar-refractivity contribution is -0.141. The highest BCUT2D eigenvalue weighted by atomic mass is 16.4. The lowest BCUT2D eigenvalue weighted by Crippen LogP contribution is -2.40. The summed E-state index contributed by atoms with van der Waals surface area (Å²) in [7, 11) is 0. The molecule has 0 aliphatic carbocycles. The molecule has 1 aliphatic rings. The molecule has 3 rings (SSSR count). The highest BCUT2D eigenvalue weighted by Crippen LogP contribution is 2.20. The number of hydrogen-bond donors (Lipinski definition) is 1. The SMILES string of the molecule is Cc1ccc(-n2ccc(C(=O)N3CCC[C@H]3C(=O)O)n2)cc1. The molecule has 1 fully saturated rings. The van der Waals surface area contributed by atoms with Gasteiger partial charge in [0.05, 0.1) is 5.69 Å². The number of aryl methyl sites for hydroxylation is 1. The summed E-state index contributed by atoms with van der Waals surface area (Å²) >= 11 is 0. The minimum absolute atomic E-state index is 0.272. The van der Waals surface area contributed by atoms with Gasteiger partial charge in [0.2, 0.25) is 0 Å². The van der Waals surface area contributed by atoms with Crippen LogP contribution in [-0.4, -0.2) is 44.3 Å². The minimum atomic E-state index is -0.955. The van der Waals surface area contributed by atoms with Crippen molar-refractivity contribution in [1.29, 1.82) is 0 Å². The predicted molar refractivity (Wildman–Crippen MR) is 80.0 cm³/mol. The van der Waals surface area contributed by atoms with Gasteiger partial charge in [-0.15, -0.1) is 0 Å². The average Bonchev–Trinajstić information content (AvgIpc) is 3.17. The van der Waals surface area contributed by atoms with Crippen molar-refractivity contribution in [3.63, 3.8) is 0 Å². The summed E-state index contributed by atoms with van der Waals surface area (Å²) in [4.78, 5) is 25.0. The third-order valence-corrected chi connectivity index (χ3v) is 3.91. The molecule has 0 saturated carbocycles. The van der Waals surface area contributed by atoms with Crippen LogP contribution in [0.25, 0.3) is 5.69 Å². The Morgan fingerprint density at radius 3 is 2.64 bits per heavy atom. The molecule has 1 aliphatic heterocycles. The molecule has 0 unspecified atom stereocenters. The number of nitrogens with zero attached hydrogens (tertiary/aromatic N) is 3. The van der Waals surface area contributed by atoms with Crippen LogP contribution >= 0.6 is 0 Å². The van der Waals surface area contributed by atoms with Crippen LogP contribution in [0.4, 0.5) is 0 Å². The molecule has 1 atom stereocenters. The summed E-state index contributed by atoms with van der Waals surface area (Å²) in [6, 6.07) is 8.68. The number of amides is 1. The molecule has 1 aromatic heterocycles. The van der Waals surface area contributed by atoms with E-state index in [1.165, 1.54) is 4.90 Å². The molecule has 0 radical (unpaired) electrons. The van der Waals surface area contributed by atoms with Crippen molar-refractivity contribution in [3.8, 4) is 5.69 Å². The summed E-state index contributed by atoms with van der Waals surface area (Å²) in [5, 5.41) is 13.5. The fourth-order valence-electron chi connectivity index (χ4n) is 2.69. The highest BCUT2D eigenvalue weighted by Gasteiger charge is 2.35. The van der Waals surface area contributed by atoms with Crippen molar-refractivity contribution < 1.29 is 14.7 Å². The maximum absolute atomic E-state index is 12.4. The highest BCUT2D eigenvalue weighted by molar-refractivity contribution is 5.95. The van der Waals surface area contributed by atoms with Gasteiger partial charge in [0, 0.05) is 12.7 Å². The summed E-state index contributed by atoms with van der Waals surface area (Å²) in [6.07, 6.45) is 2.92. The average molecular weight is 299 g/mol. The number of carboxylic acids is 1. The second-order valence-corrected chi connectivity index (χ2v) is 5.48. The van der Waals surface area contributed by atoms with Gasteiger partial charge in [-0.05, 0) is 38.0 Å². The van der Waals surface area contributed by atoms with Gasteiger partial charge >= 0.3 is 5.97 Å². The van der Waals surface area contributed by atoms with Crippen molar-refractivity contribution in [2.45, 2.75) is 25.8 Å². The van der Waals surface area contributed by atoms with Gasteiger partial charge < -0.3 is 10.0 Å². The smallest absolute Gasteiger partial charge is 0.326 e. The van der Waals surface area contributed by atoms with Crippen LogP contribution in [-0.2, 0) is 4.79 Å². The Morgan fingerprint density at radius 2 is 1.95 bits per heavy atom. The van der Waals surface area contributed by atoms with Crippen molar-refractivity contribution in [2.24, 2.45) is 0 Å². The second kappa shape index (κ2) is 5.63. The number of rotatable bonds is 3. The van der Waals surface area contributed by atoms with E-state index in [2.05, 4.69) is 5.10 Å². The molecule has 1 aromatic carbocycles. The van der Waals surface area contributed by atoms with E-state index in [-0.39, 0.29) is 11.6 Å². The van der Waals surface area contributed by atoms with E-state index in [0.29, 0.717) is 19.4 Å². The van der Waals surface area contributed by atoms with E-state index in [9.17, 15) is 9.59 Å². The molecule has 22 heavy (non-hydrogen) atoms. The Hall–Kier alpha value is -2.63. The summed E-state index contributed by atoms with van der Waals surface area (Å²) in [6.45, 7) is 2.47. The molecule has 1 amide bonds.